The molecule has 0 saturated heterocycles. The van der Waals surface area contributed by atoms with Crippen LogP contribution < -0.4 is 0 Å². The molecular weight excluding hydrogens is 621 g/mol. The largest absolute Gasteiger partial charge is 0.264 e. The van der Waals surface area contributed by atoms with Gasteiger partial charge in [0.2, 0.25) is 0 Å². The molecule has 236 valence electrons. The number of fused-ring (bicyclic) bond motifs is 12. The molecular formula is C47H28N4. The summed E-state index contributed by atoms with van der Waals surface area (Å²) in [6.07, 6.45) is 3.60. The van der Waals surface area contributed by atoms with Crippen LogP contribution in [0.4, 0.5) is 0 Å². The maximum absolute atomic E-state index is 9.43. The van der Waals surface area contributed by atoms with Gasteiger partial charge in [0, 0.05) is 29.1 Å². The van der Waals surface area contributed by atoms with E-state index in [1.165, 1.54) is 55.6 Å². The molecule has 0 bridgehead atoms. The van der Waals surface area contributed by atoms with Crippen LogP contribution in [-0.4, -0.2) is 15.0 Å². The van der Waals surface area contributed by atoms with Crippen LogP contribution in [0, 0.1) is 11.3 Å². The van der Waals surface area contributed by atoms with Gasteiger partial charge in [0.1, 0.15) is 0 Å². The van der Waals surface area contributed by atoms with Gasteiger partial charge in [0.05, 0.1) is 28.4 Å². The van der Waals surface area contributed by atoms with Gasteiger partial charge in [-0.25, -0.2) is 9.97 Å². The van der Waals surface area contributed by atoms with Gasteiger partial charge in [-0.15, -0.1) is 0 Å². The number of hydrogen-bond donors (Lipinski definition) is 0. The summed E-state index contributed by atoms with van der Waals surface area (Å²) in [5.41, 5.74) is 16.9. The Labute approximate surface area is 296 Å². The highest BCUT2D eigenvalue weighted by Crippen LogP contribution is 2.61. The lowest BCUT2D eigenvalue weighted by molar-refractivity contribution is 0.775. The zero-order valence-electron chi connectivity index (χ0n) is 27.5. The highest BCUT2D eigenvalue weighted by molar-refractivity contribution is 5.98. The Hall–Kier alpha value is -6.96. The summed E-state index contributed by atoms with van der Waals surface area (Å²) in [6.45, 7) is 0. The van der Waals surface area contributed by atoms with Crippen LogP contribution in [0.3, 0.4) is 0 Å². The molecule has 10 rings (SSSR count). The average Bonchev–Trinajstić information content (AvgIpc) is 3.46. The second kappa shape index (κ2) is 11.3. The molecule has 0 amide bonds. The first-order valence-electron chi connectivity index (χ1n) is 17.1. The van der Waals surface area contributed by atoms with Crippen LogP contribution in [0.1, 0.15) is 27.8 Å². The van der Waals surface area contributed by atoms with E-state index in [2.05, 4.69) is 132 Å². The van der Waals surface area contributed by atoms with Crippen molar-refractivity contribution in [3.8, 4) is 73.4 Å². The van der Waals surface area contributed by atoms with Gasteiger partial charge in [-0.1, -0.05) is 109 Å². The minimum atomic E-state index is -0.531. The quantitative estimate of drug-likeness (QED) is 0.191. The summed E-state index contributed by atoms with van der Waals surface area (Å²) in [5, 5.41) is 9.43. The predicted molar refractivity (Wildman–Crippen MR) is 203 cm³/mol. The van der Waals surface area contributed by atoms with Crippen molar-refractivity contribution >= 4 is 0 Å². The number of nitriles is 1. The fraction of sp³-hybridized carbons (Fsp3) is 0.0213. The Morgan fingerprint density at radius 3 is 1.53 bits per heavy atom. The van der Waals surface area contributed by atoms with Crippen LogP contribution >= 0.6 is 0 Å². The van der Waals surface area contributed by atoms with Crippen LogP contribution in [0.25, 0.3) is 67.3 Å². The van der Waals surface area contributed by atoms with E-state index in [0.717, 1.165) is 28.1 Å². The lowest BCUT2D eigenvalue weighted by Crippen LogP contribution is -2.29. The summed E-state index contributed by atoms with van der Waals surface area (Å²) in [6, 6.07) is 58.0. The van der Waals surface area contributed by atoms with Crippen molar-refractivity contribution in [1.82, 2.24) is 15.0 Å². The fourth-order valence-corrected chi connectivity index (χ4v) is 8.29. The molecule has 6 aromatic carbocycles. The molecule has 4 nitrogen and oxygen atoms in total. The van der Waals surface area contributed by atoms with Crippen LogP contribution in [0.2, 0.25) is 0 Å². The summed E-state index contributed by atoms with van der Waals surface area (Å²) in [7, 11) is 0. The molecule has 8 aromatic rings. The first-order valence-corrected chi connectivity index (χ1v) is 17.1. The Balaban J connectivity index is 1.28. The first-order chi connectivity index (χ1) is 25.2. The highest BCUT2D eigenvalue weighted by atomic mass is 14.9. The number of pyridine rings is 1. The second-order valence-electron chi connectivity index (χ2n) is 13.1. The van der Waals surface area contributed by atoms with Crippen LogP contribution in [0.15, 0.2) is 170 Å². The summed E-state index contributed by atoms with van der Waals surface area (Å²) >= 11 is 0. The molecule has 0 aliphatic heterocycles. The Morgan fingerprint density at radius 2 is 0.941 bits per heavy atom. The number of rotatable bonds is 3. The number of benzene rings is 6. The molecule has 0 atom stereocenters. The molecule has 0 radical (unpaired) electrons. The zero-order chi connectivity index (χ0) is 33.9. The third-order valence-corrected chi connectivity index (χ3v) is 10.5. The lowest BCUT2D eigenvalue weighted by Gasteiger charge is -2.35. The molecule has 2 heterocycles. The van der Waals surface area contributed by atoms with Gasteiger partial charge >= 0.3 is 0 Å². The van der Waals surface area contributed by atoms with E-state index < -0.39 is 5.41 Å². The van der Waals surface area contributed by atoms with E-state index in [-0.39, 0.29) is 0 Å². The van der Waals surface area contributed by atoms with E-state index in [0.29, 0.717) is 11.4 Å². The minimum Gasteiger partial charge on any atom is -0.264 e. The molecule has 0 N–H and O–H groups in total. The molecule has 1 spiro atoms. The van der Waals surface area contributed by atoms with Crippen molar-refractivity contribution in [2.24, 2.45) is 0 Å². The molecule has 0 unspecified atom stereocenters. The zero-order valence-corrected chi connectivity index (χ0v) is 27.5. The highest BCUT2D eigenvalue weighted by Gasteiger charge is 2.49. The molecule has 51 heavy (non-hydrogen) atoms. The van der Waals surface area contributed by atoms with Crippen molar-refractivity contribution in [3.63, 3.8) is 0 Å². The lowest BCUT2D eigenvalue weighted by atomic mass is 9.66. The van der Waals surface area contributed by atoms with Crippen molar-refractivity contribution in [2.75, 3.05) is 0 Å². The smallest absolute Gasteiger partial charge is 0.160 e. The average molecular weight is 649 g/mol. The van der Waals surface area contributed by atoms with Crippen LogP contribution in [-0.2, 0) is 5.41 Å². The monoisotopic (exact) mass is 648 g/mol. The topological polar surface area (TPSA) is 62.5 Å². The SMILES string of the molecule is N#Cc1ccc(-c2nc(-c3cccnc3)cc(-c3ccc4c(c3)-c3ccccc3-c3ccccc3C43c4ccccc4-c4ccccc43)n2)cc1. The summed E-state index contributed by atoms with van der Waals surface area (Å²) in [5.74, 6) is 0.591. The normalized spacial score (nSPS) is 12.8. The third-order valence-electron chi connectivity index (χ3n) is 10.5. The summed E-state index contributed by atoms with van der Waals surface area (Å²) < 4.78 is 0. The molecule has 0 saturated carbocycles. The van der Waals surface area contributed by atoms with E-state index in [1.807, 2.05) is 42.6 Å². The molecule has 2 aliphatic rings. The molecule has 2 aromatic heterocycles. The van der Waals surface area contributed by atoms with E-state index >= 15 is 0 Å². The van der Waals surface area contributed by atoms with Gasteiger partial charge in [0.15, 0.2) is 5.82 Å². The maximum Gasteiger partial charge on any atom is 0.160 e. The van der Waals surface area contributed by atoms with E-state index in [4.69, 9.17) is 9.97 Å². The molecule has 2 aliphatic carbocycles. The van der Waals surface area contributed by atoms with Crippen molar-refractivity contribution in [3.05, 3.63) is 198 Å². The third kappa shape index (κ3) is 4.29. The van der Waals surface area contributed by atoms with E-state index in [1.54, 1.807) is 6.20 Å². The van der Waals surface area contributed by atoms with Gasteiger partial charge < -0.3 is 0 Å². The minimum absolute atomic E-state index is 0.531. The Morgan fingerprint density at radius 1 is 0.431 bits per heavy atom. The van der Waals surface area contributed by atoms with Gasteiger partial charge in [0.25, 0.3) is 0 Å². The van der Waals surface area contributed by atoms with Gasteiger partial charge in [-0.2, -0.15) is 5.26 Å². The number of aromatic nitrogens is 3. The predicted octanol–water partition coefficient (Wildman–Crippen LogP) is 10.8. The molecule has 4 heteroatoms. The first kappa shape index (κ1) is 29.0. The molecule has 0 fully saturated rings. The van der Waals surface area contributed by atoms with Gasteiger partial charge in [-0.05, 0) is 104 Å². The maximum atomic E-state index is 9.43. The Kier molecular flexibility index (Phi) is 6.43. The van der Waals surface area contributed by atoms with Crippen LogP contribution in [0.5, 0.6) is 0 Å². The second-order valence-corrected chi connectivity index (χ2v) is 13.1. The van der Waals surface area contributed by atoms with Crippen molar-refractivity contribution in [1.29, 1.82) is 5.26 Å². The summed E-state index contributed by atoms with van der Waals surface area (Å²) in [4.78, 5) is 14.5. The van der Waals surface area contributed by atoms with Gasteiger partial charge in [-0.3, -0.25) is 4.98 Å². The number of hydrogen-bond acceptors (Lipinski definition) is 4. The standard InChI is InChI=1S/C47H28N4/c48-28-30-19-21-31(22-20-30)46-50-44(27-45(51-46)33-10-9-25-49-29-33)32-23-24-43-39(26-32)35-12-2-1-11-34(35)36-13-3-6-16-40(36)47(43)41-17-7-4-14-37(41)38-15-5-8-18-42(38)47/h1-27,29H. The van der Waals surface area contributed by atoms with E-state index in [9.17, 15) is 5.26 Å². The fourth-order valence-electron chi connectivity index (χ4n) is 8.29. The Bertz CT molecular complexity index is 2660. The van der Waals surface area contributed by atoms with Crippen molar-refractivity contribution < 1.29 is 0 Å². The number of nitrogens with zero attached hydrogens (tertiary/aromatic N) is 4. The van der Waals surface area contributed by atoms with Crippen molar-refractivity contribution in [2.45, 2.75) is 5.41 Å².